The van der Waals surface area contributed by atoms with E-state index in [2.05, 4.69) is 0 Å². The molecule has 0 aliphatic carbocycles. The van der Waals surface area contributed by atoms with Gasteiger partial charge < -0.3 is 5.73 Å². The molecule has 8 heteroatoms. The zero-order chi connectivity index (χ0) is 20.8. The van der Waals surface area contributed by atoms with Gasteiger partial charge in [0.05, 0.1) is 11.0 Å². The van der Waals surface area contributed by atoms with E-state index in [1.807, 2.05) is 18.2 Å². The van der Waals surface area contributed by atoms with Crippen LogP contribution in [0, 0.1) is 0 Å². The summed E-state index contributed by atoms with van der Waals surface area (Å²) >= 11 is 0. The molecular weight excluding hydrogens is 404 g/mol. The Bertz CT molecular complexity index is 918. The van der Waals surface area contributed by atoms with Gasteiger partial charge in [0, 0.05) is 19.9 Å². The third-order valence-corrected chi connectivity index (χ3v) is 5.72. The number of hydrogen-bond acceptors (Lipinski definition) is 4. The number of unbranched alkanes of at least 4 members (excludes halogenated alkanes) is 6. The van der Waals surface area contributed by atoms with Crippen molar-refractivity contribution in [2.24, 2.45) is 12.8 Å². The van der Waals surface area contributed by atoms with E-state index in [0.717, 1.165) is 36.3 Å². The minimum Gasteiger partial charge on any atom is -0.330 e. The summed E-state index contributed by atoms with van der Waals surface area (Å²) in [5, 5.41) is 1.03. The standard InChI is InChI=1S/C22H32N4O3.ClH/c1-24-19-16-17(10-7-5-3-2-4-6-8-15-23)13-14-18(19)25(22(24)29)26-20(27)11-9-12-21(26)28;/h13-14,16H,2-12,15,23H2,1H3;1H. The van der Waals surface area contributed by atoms with Crippen molar-refractivity contribution in [3.05, 3.63) is 34.2 Å². The molecule has 0 bridgehead atoms. The van der Waals surface area contributed by atoms with Gasteiger partial charge in [-0.15, -0.1) is 12.4 Å². The lowest BCUT2D eigenvalue weighted by atomic mass is 10.0. The highest BCUT2D eigenvalue weighted by molar-refractivity contribution is 6.10. The highest BCUT2D eigenvalue weighted by Gasteiger charge is 2.31. The van der Waals surface area contributed by atoms with Crippen molar-refractivity contribution in [1.29, 1.82) is 0 Å². The third kappa shape index (κ3) is 5.32. The maximum Gasteiger partial charge on any atom is 0.348 e. The Morgan fingerprint density at radius 3 is 2.10 bits per heavy atom. The second kappa shape index (κ2) is 11.3. The highest BCUT2D eigenvalue weighted by atomic mass is 35.5. The van der Waals surface area contributed by atoms with E-state index < -0.39 is 0 Å². The van der Waals surface area contributed by atoms with E-state index in [-0.39, 0.29) is 29.9 Å². The van der Waals surface area contributed by atoms with Gasteiger partial charge in [0.1, 0.15) is 0 Å². The topological polar surface area (TPSA) is 90.3 Å². The Balaban J connectivity index is 0.00000320. The number of carbonyl (C=O) groups excluding carboxylic acids is 2. The summed E-state index contributed by atoms with van der Waals surface area (Å²) in [5.74, 6) is -0.627. The number of benzene rings is 1. The van der Waals surface area contributed by atoms with Crippen molar-refractivity contribution < 1.29 is 9.59 Å². The number of amides is 2. The van der Waals surface area contributed by atoms with Crippen LogP contribution >= 0.6 is 12.4 Å². The Morgan fingerprint density at radius 2 is 1.47 bits per heavy atom. The van der Waals surface area contributed by atoms with Crippen molar-refractivity contribution in [2.45, 2.75) is 70.6 Å². The van der Waals surface area contributed by atoms with E-state index in [1.165, 1.54) is 46.9 Å². The van der Waals surface area contributed by atoms with Gasteiger partial charge >= 0.3 is 5.69 Å². The van der Waals surface area contributed by atoms with Crippen LogP contribution in [0.2, 0.25) is 0 Å². The molecule has 1 aromatic heterocycles. The van der Waals surface area contributed by atoms with Crippen molar-refractivity contribution in [3.63, 3.8) is 0 Å². The van der Waals surface area contributed by atoms with Gasteiger partial charge in [0.25, 0.3) is 0 Å². The predicted octanol–water partition coefficient (Wildman–Crippen LogP) is 3.17. The quantitative estimate of drug-likeness (QED) is 0.457. The Hall–Kier alpha value is -2.12. The predicted molar refractivity (Wildman–Crippen MR) is 122 cm³/mol. The molecule has 1 aromatic carbocycles. The molecule has 2 amide bonds. The number of nitrogens with zero attached hydrogens (tertiary/aromatic N) is 3. The first-order valence-electron chi connectivity index (χ1n) is 10.8. The fourth-order valence-electron chi connectivity index (χ4n) is 4.04. The summed E-state index contributed by atoms with van der Waals surface area (Å²) in [4.78, 5) is 37.4. The van der Waals surface area contributed by atoms with E-state index >= 15 is 0 Å². The number of nitrogens with two attached hydrogens (primary N) is 1. The Labute approximate surface area is 183 Å². The normalized spacial score (nSPS) is 14.4. The average molecular weight is 437 g/mol. The molecule has 1 aliphatic heterocycles. The number of carbonyl (C=O) groups is 2. The molecule has 2 N–H and O–H groups in total. The summed E-state index contributed by atoms with van der Waals surface area (Å²) in [6, 6.07) is 5.86. The molecule has 1 fully saturated rings. The van der Waals surface area contributed by atoms with Crippen LogP contribution in [-0.4, -0.2) is 27.6 Å². The Morgan fingerprint density at radius 1 is 0.867 bits per heavy atom. The molecular formula is C22H33ClN4O3. The number of imidazole rings is 1. The summed E-state index contributed by atoms with van der Waals surface area (Å²) in [6.45, 7) is 0.785. The summed E-state index contributed by atoms with van der Waals surface area (Å²) in [5.41, 5.74) is 7.67. The number of aryl methyl sites for hydroxylation is 2. The van der Waals surface area contributed by atoms with Gasteiger partial charge in [-0.3, -0.25) is 14.2 Å². The molecule has 3 rings (SSSR count). The molecule has 0 atom stereocenters. The van der Waals surface area contributed by atoms with Crippen molar-refractivity contribution in [3.8, 4) is 0 Å². The van der Waals surface area contributed by atoms with Gasteiger partial charge in [0.15, 0.2) is 0 Å². The number of piperidine rings is 1. The minimum absolute atomic E-state index is 0. The third-order valence-electron chi connectivity index (χ3n) is 5.72. The van der Waals surface area contributed by atoms with Crippen LogP contribution in [0.5, 0.6) is 0 Å². The SMILES string of the molecule is Cl.Cn1c(=O)n(N2C(=O)CCCC2=O)c2ccc(CCCCCCCCCN)cc21. The van der Waals surface area contributed by atoms with Crippen LogP contribution in [-0.2, 0) is 23.1 Å². The van der Waals surface area contributed by atoms with Gasteiger partial charge in [-0.2, -0.15) is 9.69 Å². The number of hydrogen-bond donors (Lipinski definition) is 1. The number of rotatable bonds is 10. The maximum atomic E-state index is 12.8. The first-order valence-corrected chi connectivity index (χ1v) is 10.8. The van der Waals surface area contributed by atoms with E-state index in [1.54, 1.807) is 7.05 Å². The first-order chi connectivity index (χ1) is 14.0. The van der Waals surface area contributed by atoms with Crippen molar-refractivity contribution >= 4 is 35.3 Å². The summed E-state index contributed by atoms with van der Waals surface area (Å²) in [6.07, 6.45) is 10.5. The second-order valence-electron chi connectivity index (χ2n) is 7.94. The van der Waals surface area contributed by atoms with Crippen molar-refractivity contribution in [1.82, 2.24) is 9.24 Å². The number of aromatic nitrogens is 2. The monoisotopic (exact) mass is 436 g/mol. The van der Waals surface area contributed by atoms with Gasteiger partial charge in [-0.1, -0.05) is 38.2 Å². The van der Waals surface area contributed by atoms with Gasteiger partial charge in [-0.05, 0) is 49.9 Å². The average Bonchev–Trinajstić information content (AvgIpc) is 2.95. The molecule has 0 spiro atoms. The largest absolute Gasteiger partial charge is 0.348 e. The van der Waals surface area contributed by atoms with Crippen LogP contribution < -0.4 is 16.4 Å². The van der Waals surface area contributed by atoms with Crippen LogP contribution in [0.4, 0.5) is 0 Å². The zero-order valence-corrected chi connectivity index (χ0v) is 18.6. The van der Waals surface area contributed by atoms with E-state index in [4.69, 9.17) is 5.73 Å². The fourth-order valence-corrected chi connectivity index (χ4v) is 4.04. The molecule has 1 aliphatic rings. The fraction of sp³-hybridized carbons (Fsp3) is 0.591. The molecule has 30 heavy (non-hydrogen) atoms. The lowest BCUT2D eigenvalue weighted by Crippen LogP contribution is -2.52. The molecule has 2 aromatic rings. The van der Waals surface area contributed by atoms with E-state index in [9.17, 15) is 14.4 Å². The molecule has 0 saturated carbocycles. The second-order valence-corrected chi connectivity index (χ2v) is 7.94. The summed E-state index contributed by atoms with van der Waals surface area (Å²) < 4.78 is 2.76. The molecule has 1 saturated heterocycles. The highest BCUT2D eigenvalue weighted by Crippen LogP contribution is 2.20. The van der Waals surface area contributed by atoms with Crippen LogP contribution in [0.3, 0.4) is 0 Å². The maximum absolute atomic E-state index is 12.8. The zero-order valence-electron chi connectivity index (χ0n) is 17.8. The minimum atomic E-state index is -0.363. The Kier molecular flexibility index (Phi) is 9.11. The van der Waals surface area contributed by atoms with Crippen LogP contribution in [0.25, 0.3) is 11.0 Å². The lowest BCUT2D eigenvalue weighted by Gasteiger charge is -2.25. The van der Waals surface area contributed by atoms with Crippen LogP contribution in [0.1, 0.15) is 69.8 Å². The van der Waals surface area contributed by atoms with Crippen LogP contribution in [0.15, 0.2) is 23.0 Å². The first kappa shape index (κ1) is 24.2. The van der Waals surface area contributed by atoms with E-state index in [0.29, 0.717) is 24.8 Å². The van der Waals surface area contributed by atoms with Gasteiger partial charge in [0.2, 0.25) is 11.8 Å². The molecule has 0 radical (unpaired) electrons. The number of halogens is 1. The molecule has 7 nitrogen and oxygen atoms in total. The lowest BCUT2D eigenvalue weighted by molar-refractivity contribution is -0.131. The number of fused-ring (bicyclic) bond motifs is 1. The number of imide groups is 1. The molecule has 0 unspecified atom stereocenters. The summed E-state index contributed by atoms with van der Waals surface area (Å²) in [7, 11) is 1.69. The smallest absolute Gasteiger partial charge is 0.330 e. The van der Waals surface area contributed by atoms with Gasteiger partial charge in [-0.25, -0.2) is 4.79 Å². The molecule has 166 valence electrons. The molecule has 2 heterocycles. The van der Waals surface area contributed by atoms with Crippen molar-refractivity contribution in [2.75, 3.05) is 11.6 Å².